The summed E-state index contributed by atoms with van der Waals surface area (Å²) in [6.07, 6.45) is 0. The van der Waals surface area contributed by atoms with E-state index in [1.165, 1.54) is 58.3 Å². The number of nitrogens with zero attached hydrogens (tertiary/aromatic N) is 2. The minimum absolute atomic E-state index is 1.06. The first-order chi connectivity index (χ1) is 26.2. The lowest BCUT2D eigenvalue weighted by molar-refractivity contribution is 1.28. The topological polar surface area (TPSA) is 16.1 Å². The minimum Gasteiger partial charge on any atom is -0.311 e. The summed E-state index contributed by atoms with van der Waals surface area (Å²) < 4.78 is 3.86. The van der Waals surface area contributed by atoms with Crippen LogP contribution in [0.3, 0.4) is 0 Å². The van der Waals surface area contributed by atoms with Crippen molar-refractivity contribution in [3.8, 4) is 44.0 Å². The van der Waals surface area contributed by atoms with Crippen molar-refractivity contribution in [1.82, 2.24) is 4.98 Å². The Hall–Kier alpha value is -6.33. The second kappa shape index (κ2) is 13.3. The van der Waals surface area contributed by atoms with E-state index in [4.69, 9.17) is 4.98 Å². The summed E-state index contributed by atoms with van der Waals surface area (Å²) in [7, 11) is 0. The molecule has 0 unspecified atom stereocenters. The lowest BCUT2D eigenvalue weighted by Crippen LogP contribution is -2.09. The van der Waals surface area contributed by atoms with Crippen LogP contribution in [-0.2, 0) is 0 Å². The monoisotopic (exact) mass is 712 g/mol. The van der Waals surface area contributed by atoms with E-state index < -0.39 is 0 Å². The van der Waals surface area contributed by atoms with E-state index in [1.807, 2.05) is 11.3 Å². The van der Waals surface area contributed by atoms with Crippen molar-refractivity contribution in [2.75, 3.05) is 4.90 Å². The van der Waals surface area contributed by atoms with Crippen molar-refractivity contribution < 1.29 is 0 Å². The number of benzene rings is 8. The van der Waals surface area contributed by atoms with Gasteiger partial charge in [-0.3, -0.25) is 0 Å². The summed E-state index contributed by atoms with van der Waals surface area (Å²) in [5.41, 5.74) is 12.8. The maximum atomic E-state index is 5.03. The summed E-state index contributed by atoms with van der Waals surface area (Å²) in [4.78, 5) is 7.38. The number of hydrogen-bond acceptors (Lipinski definition) is 4. The molecule has 0 saturated heterocycles. The van der Waals surface area contributed by atoms with Gasteiger partial charge in [0.2, 0.25) is 0 Å². The van der Waals surface area contributed by atoms with Crippen LogP contribution in [0.5, 0.6) is 0 Å². The third-order valence-electron chi connectivity index (χ3n) is 9.93. The Kier molecular flexibility index (Phi) is 7.90. The Morgan fingerprint density at radius 2 is 0.792 bits per heavy atom. The van der Waals surface area contributed by atoms with E-state index in [-0.39, 0.29) is 0 Å². The number of thiophene rings is 1. The van der Waals surface area contributed by atoms with E-state index in [0.717, 1.165) is 33.1 Å². The van der Waals surface area contributed by atoms with Crippen LogP contribution in [0, 0.1) is 0 Å². The van der Waals surface area contributed by atoms with Crippen LogP contribution in [0.1, 0.15) is 0 Å². The van der Waals surface area contributed by atoms with Crippen molar-refractivity contribution in [2.24, 2.45) is 0 Å². The molecule has 0 N–H and O–H groups in total. The first-order valence-electron chi connectivity index (χ1n) is 17.8. The SMILES string of the molecule is c1ccc(-c2ccc(N(c3ccc(-c4ccccc4)cc3)c3ccc(-c4ccc5sc6ccc7nc(-c8ccccc8)sc7c6c5c4)cc3)cc2)cc1. The Morgan fingerprint density at radius 3 is 1.32 bits per heavy atom. The molecule has 0 spiro atoms. The van der Waals surface area contributed by atoms with Gasteiger partial charge >= 0.3 is 0 Å². The van der Waals surface area contributed by atoms with Crippen LogP contribution in [0.15, 0.2) is 194 Å². The summed E-state index contributed by atoms with van der Waals surface area (Å²) in [5.74, 6) is 0. The van der Waals surface area contributed by atoms with E-state index >= 15 is 0 Å². The van der Waals surface area contributed by atoms with E-state index in [0.29, 0.717) is 0 Å². The van der Waals surface area contributed by atoms with Gasteiger partial charge in [0.25, 0.3) is 0 Å². The van der Waals surface area contributed by atoms with Gasteiger partial charge in [0.15, 0.2) is 0 Å². The van der Waals surface area contributed by atoms with Crippen molar-refractivity contribution in [2.45, 2.75) is 0 Å². The Morgan fingerprint density at radius 1 is 0.358 bits per heavy atom. The van der Waals surface area contributed by atoms with Gasteiger partial charge in [0, 0.05) is 42.8 Å². The molecule has 0 atom stereocenters. The van der Waals surface area contributed by atoms with E-state index in [9.17, 15) is 0 Å². The third-order valence-corrected chi connectivity index (χ3v) is 12.2. The summed E-state index contributed by atoms with van der Waals surface area (Å²) in [5, 5.41) is 3.66. The zero-order valence-corrected chi connectivity index (χ0v) is 30.3. The molecule has 2 nitrogen and oxygen atoms in total. The highest BCUT2D eigenvalue weighted by Crippen LogP contribution is 2.44. The molecule has 10 aromatic rings. The van der Waals surface area contributed by atoms with Gasteiger partial charge in [-0.25, -0.2) is 4.98 Å². The zero-order valence-electron chi connectivity index (χ0n) is 28.7. The van der Waals surface area contributed by atoms with Gasteiger partial charge in [0.05, 0.1) is 10.2 Å². The second-order valence-electron chi connectivity index (χ2n) is 13.2. The maximum absolute atomic E-state index is 5.03. The number of thiazole rings is 1. The molecule has 0 aliphatic carbocycles. The minimum atomic E-state index is 1.06. The number of anilines is 3. The lowest BCUT2D eigenvalue weighted by atomic mass is 10.0. The summed E-state index contributed by atoms with van der Waals surface area (Å²) in [6.45, 7) is 0. The molecule has 0 saturated carbocycles. The fourth-order valence-corrected chi connectivity index (χ4v) is 9.54. The quantitative estimate of drug-likeness (QED) is 0.164. The molecule has 0 aliphatic rings. The first kappa shape index (κ1) is 31.4. The van der Waals surface area contributed by atoms with Crippen molar-refractivity contribution in [1.29, 1.82) is 0 Å². The molecule has 0 amide bonds. The van der Waals surface area contributed by atoms with Crippen LogP contribution < -0.4 is 4.90 Å². The van der Waals surface area contributed by atoms with E-state index in [1.54, 1.807) is 11.3 Å². The highest BCUT2D eigenvalue weighted by Gasteiger charge is 2.16. The van der Waals surface area contributed by atoms with Crippen LogP contribution in [0.2, 0.25) is 0 Å². The lowest BCUT2D eigenvalue weighted by Gasteiger charge is -2.26. The molecule has 2 heterocycles. The smallest absolute Gasteiger partial charge is 0.124 e. The van der Waals surface area contributed by atoms with Crippen molar-refractivity contribution >= 4 is 70.1 Å². The van der Waals surface area contributed by atoms with Crippen molar-refractivity contribution in [3.05, 3.63) is 194 Å². The van der Waals surface area contributed by atoms with Gasteiger partial charge in [-0.2, -0.15) is 0 Å². The van der Waals surface area contributed by atoms with Gasteiger partial charge in [-0.1, -0.05) is 133 Å². The number of hydrogen-bond donors (Lipinski definition) is 0. The highest BCUT2D eigenvalue weighted by molar-refractivity contribution is 7.28. The standard InChI is InChI=1S/C49H32N2S2/c1-4-10-33(11-5-1)35-16-23-40(24-17-35)51(41-25-18-36(19-26-41)34-12-6-2-7-13-34)42-27-20-37(21-28-42)39-22-30-45-43(32-39)47-46(52-45)31-29-44-48(47)53-49(50-44)38-14-8-3-9-15-38/h1-32H. The van der Waals surface area contributed by atoms with Gasteiger partial charge < -0.3 is 4.90 Å². The largest absolute Gasteiger partial charge is 0.311 e. The maximum Gasteiger partial charge on any atom is 0.124 e. The molecule has 4 heteroatoms. The Balaban J connectivity index is 1.03. The fourth-order valence-electron chi connectivity index (χ4n) is 7.25. The normalized spacial score (nSPS) is 11.4. The molecule has 0 aliphatic heterocycles. The molecular formula is C49H32N2S2. The summed E-state index contributed by atoms with van der Waals surface area (Å²) >= 11 is 3.65. The molecular weight excluding hydrogens is 681 g/mol. The van der Waals surface area contributed by atoms with Crippen molar-refractivity contribution in [3.63, 3.8) is 0 Å². The molecule has 250 valence electrons. The van der Waals surface area contributed by atoms with Crippen LogP contribution in [0.4, 0.5) is 17.1 Å². The van der Waals surface area contributed by atoms with Gasteiger partial charge in [0.1, 0.15) is 5.01 Å². The average molecular weight is 713 g/mol. The number of rotatable bonds is 7. The zero-order chi connectivity index (χ0) is 35.1. The molecule has 0 radical (unpaired) electrons. The molecule has 0 bridgehead atoms. The van der Waals surface area contributed by atoms with Crippen LogP contribution in [-0.4, -0.2) is 4.98 Å². The van der Waals surface area contributed by atoms with Crippen LogP contribution >= 0.6 is 22.7 Å². The predicted octanol–water partition coefficient (Wildman–Crippen LogP) is 14.8. The number of fused-ring (bicyclic) bond motifs is 5. The van der Waals surface area contributed by atoms with Gasteiger partial charge in [-0.05, 0) is 94.0 Å². The van der Waals surface area contributed by atoms with E-state index in [2.05, 4.69) is 199 Å². The Bertz CT molecular complexity index is 2760. The Labute approximate surface area is 316 Å². The fraction of sp³-hybridized carbons (Fsp3) is 0. The van der Waals surface area contributed by atoms with Gasteiger partial charge in [-0.15, -0.1) is 22.7 Å². The average Bonchev–Trinajstić information content (AvgIpc) is 3.84. The summed E-state index contributed by atoms with van der Waals surface area (Å²) in [6, 6.07) is 69.7. The second-order valence-corrected chi connectivity index (χ2v) is 15.3. The predicted molar refractivity (Wildman–Crippen MR) is 229 cm³/mol. The molecule has 0 fully saturated rings. The molecule has 10 rings (SSSR count). The molecule has 8 aromatic carbocycles. The first-order valence-corrected chi connectivity index (χ1v) is 19.4. The highest BCUT2D eigenvalue weighted by atomic mass is 32.1. The molecule has 53 heavy (non-hydrogen) atoms. The molecule has 2 aromatic heterocycles. The third kappa shape index (κ3) is 5.88. The number of aromatic nitrogens is 1. The van der Waals surface area contributed by atoms with Crippen LogP contribution in [0.25, 0.3) is 74.3 Å².